The molecule has 1 N–H and O–H groups in total. The second kappa shape index (κ2) is 9.01. The molecule has 0 unspecified atom stereocenters. The molecule has 9 nitrogen and oxygen atoms in total. The summed E-state index contributed by atoms with van der Waals surface area (Å²) in [6, 6.07) is 13.7. The molecular weight excluding hydrogens is 410 g/mol. The van der Waals surface area contributed by atoms with E-state index in [0.717, 1.165) is 12.8 Å². The molecule has 0 amide bonds. The van der Waals surface area contributed by atoms with E-state index in [4.69, 9.17) is 9.72 Å². The summed E-state index contributed by atoms with van der Waals surface area (Å²) >= 11 is 0. The van der Waals surface area contributed by atoms with E-state index < -0.39 is 10.5 Å². The van der Waals surface area contributed by atoms with E-state index in [9.17, 15) is 14.9 Å². The Morgan fingerprint density at radius 3 is 2.56 bits per heavy atom. The van der Waals surface area contributed by atoms with Crippen molar-refractivity contribution in [2.24, 2.45) is 0 Å². The molecule has 9 heteroatoms. The van der Waals surface area contributed by atoms with Crippen LogP contribution in [0.2, 0.25) is 0 Å². The van der Waals surface area contributed by atoms with Crippen molar-refractivity contribution in [3.05, 3.63) is 74.7 Å². The van der Waals surface area contributed by atoms with Crippen molar-refractivity contribution in [1.29, 1.82) is 0 Å². The van der Waals surface area contributed by atoms with Gasteiger partial charge in [0.25, 0.3) is 11.2 Å². The molecule has 0 saturated heterocycles. The van der Waals surface area contributed by atoms with Crippen molar-refractivity contribution in [2.45, 2.75) is 33.1 Å². The van der Waals surface area contributed by atoms with Gasteiger partial charge in [-0.15, -0.1) is 0 Å². The summed E-state index contributed by atoms with van der Waals surface area (Å²) in [5.74, 6) is 0.994. The van der Waals surface area contributed by atoms with Crippen LogP contribution >= 0.6 is 0 Å². The van der Waals surface area contributed by atoms with Crippen molar-refractivity contribution in [3.8, 4) is 22.8 Å². The number of nitro benzene ring substituents is 1. The highest BCUT2D eigenvalue weighted by molar-refractivity contribution is 5.80. The summed E-state index contributed by atoms with van der Waals surface area (Å²) in [6.07, 6.45) is 2.15. The largest absolute Gasteiger partial charge is 0.493 e. The summed E-state index contributed by atoms with van der Waals surface area (Å²) in [5.41, 5.74) is 1.68. The Kier molecular flexibility index (Phi) is 5.98. The van der Waals surface area contributed by atoms with Crippen LogP contribution in [0, 0.1) is 10.1 Å². The van der Waals surface area contributed by atoms with Gasteiger partial charge in [-0.05, 0) is 31.0 Å². The number of nitro groups is 1. The maximum Gasteiger partial charge on any atom is 0.294 e. The number of H-pyrrole nitrogens is 1. The number of nitrogens with one attached hydrogen (secondary N) is 1. The van der Waals surface area contributed by atoms with Crippen LogP contribution in [-0.4, -0.2) is 31.3 Å². The molecule has 0 fully saturated rings. The fraction of sp³-hybridized carbons (Fsp3) is 0.261. The first-order chi connectivity index (χ1) is 15.5. The molecule has 4 rings (SSSR count). The van der Waals surface area contributed by atoms with Crippen molar-refractivity contribution in [1.82, 2.24) is 19.7 Å². The smallest absolute Gasteiger partial charge is 0.294 e. The fourth-order valence-electron chi connectivity index (χ4n) is 3.61. The maximum atomic E-state index is 13.0. The molecule has 32 heavy (non-hydrogen) atoms. The van der Waals surface area contributed by atoms with Gasteiger partial charge in [-0.2, -0.15) is 5.10 Å². The van der Waals surface area contributed by atoms with Crippen LogP contribution in [0.3, 0.4) is 0 Å². The Labute approximate surface area is 183 Å². The number of rotatable bonds is 8. The normalized spacial score (nSPS) is 11.1. The number of ether oxygens (including phenoxy) is 1. The summed E-state index contributed by atoms with van der Waals surface area (Å²) in [7, 11) is 0. The van der Waals surface area contributed by atoms with Crippen LogP contribution in [0.5, 0.6) is 5.75 Å². The standard InChI is InChI=1S/C23H23N5O4/c1-3-9-18-20-21(26-27(18)16-11-6-7-12-17(16)28(30)31)23(29)25-22(24-20)15-10-5-8-13-19(15)32-14-4-2/h5-8,10-13H,3-4,9,14H2,1-2H3,(H,24,25,29). The molecule has 2 aromatic heterocycles. The first kappa shape index (κ1) is 21.2. The monoisotopic (exact) mass is 433 g/mol. The van der Waals surface area contributed by atoms with Crippen LogP contribution < -0.4 is 10.3 Å². The van der Waals surface area contributed by atoms with Crippen molar-refractivity contribution in [2.75, 3.05) is 6.61 Å². The molecule has 164 valence electrons. The minimum Gasteiger partial charge on any atom is -0.493 e. The highest BCUT2D eigenvalue weighted by atomic mass is 16.6. The van der Waals surface area contributed by atoms with Crippen LogP contribution in [-0.2, 0) is 6.42 Å². The first-order valence-electron chi connectivity index (χ1n) is 10.5. The van der Waals surface area contributed by atoms with Gasteiger partial charge in [0.2, 0.25) is 0 Å². The molecule has 0 aliphatic heterocycles. The lowest BCUT2D eigenvalue weighted by molar-refractivity contribution is -0.384. The van der Waals surface area contributed by atoms with E-state index in [2.05, 4.69) is 10.1 Å². The summed E-state index contributed by atoms with van der Waals surface area (Å²) in [6.45, 7) is 4.55. The van der Waals surface area contributed by atoms with Gasteiger partial charge in [0.1, 0.15) is 22.8 Å². The van der Waals surface area contributed by atoms with E-state index in [1.165, 1.54) is 10.7 Å². The van der Waals surface area contributed by atoms with Gasteiger partial charge in [-0.1, -0.05) is 44.5 Å². The molecular formula is C23H23N5O4. The lowest BCUT2D eigenvalue weighted by Gasteiger charge is -2.10. The Morgan fingerprint density at radius 2 is 1.81 bits per heavy atom. The van der Waals surface area contributed by atoms with Crippen molar-refractivity contribution >= 4 is 16.7 Å². The number of hydrogen-bond donors (Lipinski definition) is 1. The molecule has 2 aromatic carbocycles. The minimum atomic E-state index is -0.457. The minimum absolute atomic E-state index is 0.0902. The second-order valence-electron chi connectivity index (χ2n) is 7.31. The average molecular weight is 433 g/mol. The van der Waals surface area contributed by atoms with Crippen LogP contribution in [0.15, 0.2) is 53.3 Å². The topological polar surface area (TPSA) is 116 Å². The summed E-state index contributed by atoms with van der Waals surface area (Å²) in [4.78, 5) is 31.6. The van der Waals surface area contributed by atoms with Gasteiger partial charge < -0.3 is 9.72 Å². The zero-order valence-electron chi connectivity index (χ0n) is 17.9. The summed E-state index contributed by atoms with van der Waals surface area (Å²) in [5, 5.41) is 16.0. The van der Waals surface area contributed by atoms with Gasteiger partial charge >= 0.3 is 0 Å². The van der Waals surface area contributed by atoms with Gasteiger partial charge in [0, 0.05) is 6.07 Å². The average Bonchev–Trinajstić information content (AvgIpc) is 3.17. The van der Waals surface area contributed by atoms with Gasteiger partial charge in [0.15, 0.2) is 5.52 Å². The molecule has 4 aromatic rings. The fourth-order valence-corrected chi connectivity index (χ4v) is 3.61. The van der Waals surface area contributed by atoms with Crippen molar-refractivity contribution < 1.29 is 9.66 Å². The highest BCUT2D eigenvalue weighted by Gasteiger charge is 2.23. The van der Waals surface area contributed by atoms with Crippen molar-refractivity contribution in [3.63, 3.8) is 0 Å². The summed E-state index contributed by atoms with van der Waals surface area (Å²) < 4.78 is 7.30. The predicted molar refractivity (Wildman–Crippen MR) is 121 cm³/mol. The Balaban J connectivity index is 1.96. The number of benzene rings is 2. The molecule has 0 aliphatic carbocycles. The van der Waals surface area contributed by atoms with E-state index >= 15 is 0 Å². The molecule has 0 atom stereocenters. The molecule has 2 heterocycles. The second-order valence-corrected chi connectivity index (χ2v) is 7.31. The van der Waals surface area contributed by atoms with E-state index in [1.807, 2.05) is 38.1 Å². The number of aromatic nitrogens is 4. The third-order valence-electron chi connectivity index (χ3n) is 5.02. The van der Waals surface area contributed by atoms with E-state index in [1.54, 1.807) is 18.2 Å². The van der Waals surface area contributed by atoms with Crippen LogP contribution in [0.25, 0.3) is 28.1 Å². The van der Waals surface area contributed by atoms with E-state index in [0.29, 0.717) is 47.1 Å². The third-order valence-corrected chi connectivity index (χ3v) is 5.02. The zero-order chi connectivity index (χ0) is 22.7. The quantitative estimate of drug-likeness (QED) is 0.325. The number of fused-ring (bicyclic) bond motifs is 1. The zero-order valence-corrected chi connectivity index (χ0v) is 17.9. The Bertz CT molecular complexity index is 1340. The van der Waals surface area contributed by atoms with Crippen LogP contribution in [0.1, 0.15) is 32.4 Å². The number of para-hydroxylation sites is 3. The lowest BCUT2D eigenvalue weighted by atomic mass is 10.1. The maximum absolute atomic E-state index is 13.0. The van der Waals surface area contributed by atoms with Gasteiger partial charge in [0.05, 0.1) is 22.8 Å². The number of aromatic amines is 1. The molecule has 0 spiro atoms. The molecule has 0 radical (unpaired) electrons. The number of aryl methyl sites for hydroxylation is 1. The highest BCUT2D eigenvalue weighted by Crippen LogP contribution is 2.30. The lowest BCUT2D eigenvalue weighted by Crippen LogP contribution is -2.10. The number of nitrogens with zero attached hydrogens (tertiary/aromatic N) is 4. The Morgan fingerprint density at radius 1 is 1.06 bits per heavy atom. The SMILES string of the molecule is CCCOc1ccccc1-c1nc2c(CCC)n(-c3ccccc3[N+](=O)[O-])nc2c(=O)[nH]1. The van der Waals surface area contributed by atoms with Crippen LogP contribution in [0.4, 0.5) is 5.69 Å². The molecule has 0 bridgehead atoms. The number of hydrogen-bond acceptors (Lipinski definition) is 6. The van der Waals surface area contributed by atoms with Gasteiger partial charge in [-0.3, -0.25) is 14.9 Å². The predicted octanol–water partition coefficient (Wildman–Crippen LogP) is 4.43. The van der Waals surface area contributed by atoms with E-state index in [-0.39, 0.29) is 11.2 Å². The molecule has 0 saturated carbocycles. The Hall–Kier alpha value is -4.01. The van der Waals surface area contributed by atoms with Gasteiger partial charge in [-0.25, -0.2) is 9.67 Å². The first-order valence-corrected chi connectivity index (χ1v) is 10.5. The third kappa shape index (κ3) is 3.84. The molecule has 0 aliphatic rings.